The minimum atomic E-state index is -0.997. The number of nitrogens with one attached hydrogen (secondary N) is 1. The summed E-state index contributed by atoms with van der Waals surface area (Å²) in [6.45, 7) is 7.51. The van der Waals surface area contributed by atoms with Crippen molar-refractivity contribution < 1.29 is 19.4 Å². The minimum Gasteiger partial charge on any atom is -0.489 e. The first kappa shape index (κ1) is 29.0. The third kappa shape index (κ3) is 6.54. The normalized spacial score (nSPS) is 14.9. The smallest absolute Gasteiger partial charge is 0.251 e. The monoisotopic (exact) mass is 568 g/mol. The van der Waals surface area contributed by atoms with Crippen molar-refractivity contribution in [3.8, 4) is 22.9 Å². The zero-order valence-corrected chi connectivity index (χ0v) is 24.4. The minimum absolute atomic E-state index is 0.0805. The van der Waals surface area contributed by atoms with Gasteiger partial charge in [0, 0.05) is 48.6 Å². The SMILES string of the molecule is COCc1cccc(C(=O)NC2(C)CCN(c3ccc(-c4cc(OCC(C)(C)O)cn5ncc(C#N)c45)cn3)CC2)c1. The largest absolute Gasteiger partial charge is 0.489 e. The van der Waals surface area contributed by atoms with Crippen molar-refractivity contribution in [2.75, 3.05) is 31.7 Å². The summed E-state index contributed by atoms with van der Waals surface area (Å²) in [7, 11) is 1.64. The molecule has 3 aromatic heterocycles. The molecule has 10 nitrogen and oxygen atoms in total. The van der Waals surface area contributed by atoms with Crippen LogP contribution in [-0.2, 0) is 11.3 Å². The number of benzene rings is 1. The van der Waals surface area contributed by atoms with Gasteiger partial charge in [0.2, 0.25) is 0 Å². The summed E-state index contributed by atoms with van der Waals surface area (Å²) in [6.07, 6.45) is 6.58. The number of piperidine rings is 1. The Morgan fingerprint density at radius 1 is 1.19 bits per heavy atom. The van der Waals surface area contributed by atoms with Crippen molar-refractivity contribution in [2.24, 2.45) is 0 Å². The van der Waals surface area contributed by atoms with Crippen molar-refractivity contribution >= 4 is 17.2 Å². The van der Waals surface area contributed by atoms with E-state index in [1.165, 1.54) is 6.20 Å². The average Bonchev–Trinajstić information content (AvgIpc) is 3.39. The maximum Gasteiger partial charge on any atom is 0.251 e. The standard InChI is InChI=1S/C32H36N6O4/c1-31(2,40)21-42-26-15-27(29-25(16-33)18-35-38(29)19-26)24-8-9-28(34-17-24)37-12-10-32(3,11-13-37)36-30(39)23-7-5-6-22(14-23)20-41-4/h5-9,14-15,17-19,40H,10-13,20-21H2,1-4H3,(H,36,39). The van der Waals surface area contributed by atoms with Crippen molar-refractivity contribution in [3.05, 3.63) is 77.7 Å². The Hall–Kier alpha value is -4.46. The van der Waals surface area contributed by atoms with Crippen molar-refractivity contribution in [3.63, 3.8) is 0 Å². The highest BCUT2D eigenvalue weighted by Crippen LogP contribution is 2.32. The predicted octanol–water partition coefficient (Wildman–Crippen LogP) is 4.35. The van der Waals surface area contributed by atoms with E-state index < -0.39 is 5.60 Å². The molecule has 4 aromatic rings. The fraction of sp³-hybridized carbons (Fsp3) is 0.375. The lowest BCUT2D eigenvalue weighted by Crippen LogP contribution is -2.53. The quantitative estimate of drug-likeness (QED) is 0.305. The third-order valence-corrected chi connectivity index (χ3v) is 7.46. The van der Waals surface area contributed by atoms with E-state index in [0.29, 0.717) is 29.0 Å². The van der Waals surface area contributed by atoms with Crippen LogP contribution in [0.3, 0.4) is 0 Å². The molecule has 1 saturated heterocycles. The van der Waals surface area contributed by atoms with Gasteiger partial charge in [0.05, 0.1) is 35.7 Å². The lowest BCUT2D eigenvalue weighted by molar-refractivity contribution is 0.0283. The number of rotatable bonds is 9. The van der Waals surface area contributed by atoms with E-state index in [1.54, 1.807) is 37.9 Å². The van der Waals surface area contributed by atoms with Gasteiger partial charge >= 0.3 is 0 Å². The summed E-state index contributed by atoms with van der Waals surface area (Å²) in [5, 5.41) is 27.3. The molecule has 0 atom stereocenters. The Morgan fingerprint density at radius 3 is 2.64 bits per heavy atom. The molecule has 4 heterocycles. The molecule has 0 aliphatic carbocycles. The van der Waals surface area contributed by atoms with Gasteiger partial charge in [-0.1, -0.05) is 12.1 Å². The second kappa shape index (κ2) is 11.8. The fourth-order valence-electron chi connectivity index (χ4n) is 5.14. The number of hydrogen-bond donors (Lipinski definition) is 2. The number of anilines is 1. The number of nitriles is 1. The first-order chi connectivity index (χ1) is 20.1. The molecule has 0 saturated carbocycles. The molecule has 1 amide bonds. The van der Waals surface area contributed by atoms with E-state index >= 15 is 0 Å². The third-order valence-electron chi connectivity index (χ3n) is 7.46. The molecule has 42 heavy (non-hydrogen) atoms. The van der Waals surface area contributed by atoms with E-state index in [2.05, 4.69) is 28.3 Å². The zero-order valence-electron chi connectivity index (χ0n) is 24.4. The van der Waals surface area contributed by atoms with Crippen LogP contribution < -0.4 is 15.0 Å². The molecule has 218 valence electrons. The van der Waals surface area contributed by atoms with Crippen LogP contribution in [0.4, 0.5) is 5.82 Å². The number of hydrogen-bond acceptors (Lipinski definition) is 8. The fourth-order valence-corrected chi connectivity index (χ4v) is 5.14. The Kier molecular flexibility index (Phi) is 8.16. The van der Waals surface area contributed by atoms with Gasteiger partial charge in [-0.15, -0.1) is 0 Å². The van der Waals surface area contributed by atoms with Gasteiger partial charge in [-0.05, 0) is 69.5 Å². The van der Waals surface area contributed by atoms with Crippen molar-refractivity contribution in [1.82, 2.24) is 19.9 Å². The van der Waals surface area contributed by atoms with E-state index in [-0.39, 0.29) is 18.1 Å². The van der Waals surface area contributed by atoms with Crippen LogP contribution in [-0.4, -0.2) is 63.6 Å². The van der Waals surface area contributed by atoms with Crippen LogP contribution in [0.2, 0.25) is 0 Å². The number of ether oxygens (including phenoxy) is 2. The second-order valence-corrected chi connectivity index (χ2v) is 11.7. The van der Waals surface area contributed by atoms with Crippen LogP contribution in [0.1, 0.15) is 55.1 Å². The first-order valence-electron chi connectivity index (χ1n) is 14.0. The maximum absolute atomic E-state index is 13.0. The number of pyridine rings is 2. The summed E-state index contributed by atoms with van der Waals surface area (Å²) < 4.78 is 12.7. The lowest BCUT2D eigenvalue weighted by Gasteiger charge is -2.40. The van der Waals surface area contributed by atoms with Gasteiger partial charge in [0.25, 0.3) is 5.91 Å². The van der Waals surface area contributed by atoms with Gasteiger partial charge in [0.1, 0.15) is 24.2 Å². The van der Waals surface area contributed by atoms with E-state index in [0.717, 1.165) is 48.4 Å². The highest BCUT2D eigenvalue weighted by atomic mass is 16.5. The van der Waals surface area contributed by atoms with E-state index in [1.807, 2.05) is 42.5 Å². The molecule has 1 aliphatic heterocycles. The van der Waals surface area contributed by atoms with Crippen LogP contribution in [0, 0.1) is 11.3 Å². The molecule has 1 fully saturated rings. The Balaban J connectivity index is 1.29. The number of amides is 1. The molecular weight excluding hydrogens is 532 g/mol. The predicted molar refractivity (Wildman–Crippen MR) is 159 cm³/mol. The van der Waals surface area contributed by atoms with Crippen molar-refractivity contribution in [1.29, 1.82) is 5.26 Å². The summed E-state index contributed by atoms with van der Waals surface area (Å²) in [6, 6.07) is 15.5. The van der Waals surface area contributed by atoms with E-state index in [4.69, 9.17) is 14.5 Å². The molecule has 0 bridgehead atoms. The molecular formula is C32H36N6O4. The number of nitrogens with zero attached hydrogens (tertiary/aromatic N) is 5. The number of carbonyl (C=O) groups is 1. The van der Waals surface area contributed by atoms with Crippen LogP contribution in [0.15, 0.2) is 61.1 Å². The average molecular weight is 569 g/mol. The summed E-state index contributed by atoms with van der Waals surface area (Å²) in [5.74, 6) is 1.29. The van der Waals surface area contributed by atoms with Gasteiger partial charge in [-0.3, -0.25) is 4.79 Å². The highest BCUT2D eigenvalue weighted by molar-refractivity contribution is 5.94. The molecule has 0 unspecified atom stereocenters. The topological polar surface area (TPSA) is 125 Å². The Bertz CT molecular complexity index is 1610. The molecule has 0 radical (unpaired) electrons. The molecule has 1 aromatic carbocycles. The zero-order chi connectivity index (χ0) is 29.9. The number of aromatic nitrogens is 3. The van der Waals surface area contributed by atoms with Crippen LogP contribution in [0.5, 0.6) is 5.75 Å². The molecule has 10 heteroatoms. The number of fused-ring (bicyclic) bond motifs is 1. The first-order valence-corrected chi connectivity index (χ1v) is 14.0. The summed E-state index contributed by atoms with van der Waals surface area (Å²) in [4.78, 5) is 20.0. The lowest BCUT2D eigenvalue weighted by atomic mass is 9.89. The van der Waals surface area contributed by atoms with Crippen molar-refractivity contribution in [2.45, 2.75) is 51.4 Å². The van der Waals surface area contributed by atoms with Gasteiger partial charge in [0.15, 0.2) is 0 Å². The molecule has 1 aliphatic rings. The molecule has 5 rings (SSSR count). The highest BCUT2D eigenvalue weighted by Gasteiger charge is 2.32. The molecule has 2 N–H and O–H groups in total. The Labute approximate surface area is 245 Å². The van der Waals surface area contributed by atoms with Gasteiger partial charge in [-0.25, -0.2) is 9.50 Å². The van der Waals surface area contributed by atoms with Crippen LogP contribution >= 0.6 is 0 Å². The van der Waals surface area contributed by atoms with Crippen LogP contribution in [0.25, 0.3) is 16.6 Å². The number of methoxy groups -OCH3 is 1. The maximum atomic E-state index is 13.0. The van der Waals surface area contributed by atoms with Gasteiger partial charge in [-0.2, -0.15) is 10.4 Å². The summed E-state index contributed by atoms with van der Waals surface area (Å²) >= 11 is 0. The molecule has 0 spiro atoms. The van der Waals surface area contributed by atoms with Gasteiger partial charge < -0.3 is 24.8 Å². The number of carbonyl (C=O) groups excluding carboxylic acids is 1. The van der Waals surface area contributed by atoms with E-state index in [9.17, 15) is 15.2 Å². The summed E-state index contributed by atoms with van der Waals surface area (Å²) in [5.41, 5.74) is 2.97. The number of aliphatic hydroxyl groups is 1. The Morgan fingerprint density at radius 2 is 1.98 bits per heavy atom. The second-order valence-electron chi connectivity index (χ2n) is 11.7.